The quantitative estimate of drug-likeness (QED) is 0.660. The maximum atomic E-state index is 13.6. The summed E-state index contributed by atoms with van der Waals surface area (Å²) in [7, 11) is 0. The molecule has 5 atom stereocenters. The van der Waals surface area contributed by atoms with E-state index in [1.165, 1.54) is 4.90 Å². The van der Waals surface area contributed by atoms with E-state index < -0.39 is 23.4 Å². The number of anilines is 1. The summed E-state index contributed by atoms with van der Waals surface area (Å²) in [6, 6.07) is 13.5. The normalized spacial score (nSPS) is 29.9. The minimum atomic E-state index is -1.27. The lowest BCUT2D eigenvalue weighted by molar-refractivity contribution is -0.145. The lowest BCUT2D eigenvalue weighted by atomic mass is 9.76. The molecule has 0 unspecified atom stereocenters. The predicted molar refractivity (Wildman–Crippen MR) is 114 cm³/mol. The Hall–Kier alpha value is -3.19. The Kier molecular flexibility index (Phi) is 4.41. The number of hydrogen-bond acceptors (Lipinski definition) is 5. The number of carbonyl (C=O) groups excluding carboxylic acids is 3. The van der Waals surface area contributed by atoms with Gasteiger partial charge in [0.25, 0.3) is 0 Å². The molecule has 3 aliphatic heterocycles. The van der Waals surface area contributed by atoms with Gasteiger partial charge in [-0.25, -0.2) is 0 Å². The number of carbonyl (C=O) groups is 3. The second-order valence-corrected chi connectivity index (χ2v) is 8.74. The van der Waals surface area contributed by atoms with Gasteiger partial charge in [0.05, 0.1) is 11.8 Å². The van der Waals surface area contributed by atoms with Crippen molar-refractivity contribution in [2.45, 2.75) is 44.3 Å². The van der Waals surface area contributed by atoms with E-state index in [2.05, 4.69) is 10.6 Å². The number of aromatic hydroxyl groups is 1. The van der Waals surface area contributed by atoms with Gasteiger partial charge in [-0.3, -0.25) is 24.6 Å². The Bertz CT molecular complexity index is 1080. The van der Waals surface area contributed by atoms with E-state index in [4.69, 9.17) is 0 Å². The monoisotopic (exact) mass is 419 g/mol. The zero-order valence-electron chi connectivity index (χ0n) is 17.5. The SMILES string of the molecule is CC[C@@H](C)N1C(=O)[C@H]2[C@@H](C1=O)[C@]1(N[C@@H]2Cc2ccc(O)cc2)C(=O)Nc2ccccc21. The van der Waals surface area contributed by atoms with Crippen LogP contribution >= 0.6 is 0 Å². The molecule has 160 valence electrons. The number of amides is 3. The highest BCUT2D eigenvalue weighted by molar-refractivity contribution is 6.15. The molecule has 0 aliphatic carbocycles. The van der Waals surface area contributed by atoms with Gasteiger partial charge in [0, 0.05) is 23.3 Å². The molecule has 2 aromatic rings. The first-order valence-electron chi connectivity index (χ1n) is 10.7. The minimum Gasteiger partial charge on any atom is -0.508 e. The number of fused-ring (bicyclic) bond motifs is 4. The summed E-state index contributed by atoms with van der Waals surface area (Å²) in [5.41, 5.74) is 1.04. The number of benzene rings is 2. The van der Waals surface area contributed by atoms with Crippen molar-refractivity contribution in [2.24, 2.45) is 11.8 Å². The van der Waals surface area contributed by atoms with Crippen LogP contribution in [0.2, 0.25) is 0 Å². The fourth-order valence-corrected chi connectivity index (χ4v) is 5.46. The number of phenolic OH excluding ortho intramolecular Hbond substituents is 1. The summed E-state index contributed by atoms with van der Waals surface area (Å²) in [5.74, 6) is -2.04. The van der Waals surface area contributed by atoms with Gasteiger partial charge in [0.15, 0.2) is 0 Å². The molecule has 1 spiro atoms. The number of likely N-dealkylation sites (tertiary alicyclic amines) is 1. The molecular weight excluding hydrogens is 394 g/mol. The summed E-state index contributed by atoms with van der Waals surface area (Å²) >= 11 is 0. The molecular formula is C24H25N3O4. The average Bonchev–Trinajstić information content (AvgIpc) is 3.34. The van der Waals surface area contributed by atoms with Gasteiger partial charge in [0.1, 0.15) is 11.3 Å². The number of para-hydroxylation sites is 1. The Labute approximate surface area is 180 Å². The van der Waals surface area contributed by atoms with E-state index in [9.17, 15) is 19.5 Å². The molecule has 2 aromatic carbocycles. The first-order chi connectivity index (χ1) is 14.9. The summed E-state index contributed by atoms with van der Waals surface area (Å²) < 4.78 is 0. The minimum absolute atomic E-state index is 0.164. The molecule has 3 heterocycles. The molecule has 31 heavy (non-hydrogen) atoms. The number of imide groups is 1. The Morgan fingerprint density at radius 3 is 2.48 bits per heavy atom. The standard InChI is InChI=1S/C24H25N3O4/c1-3-13(2)27-21(29)19-18(12-14-8-10-15(28)11-9-14)26-24(20(19)22(27)30)16-6-4-5-7-17(16)25-23(24)31/h4-11,13,18-20,26,28H,3,12H2,1-2H3,(H,25,31)/t13-,18-,19-,20+,24+/m1/s1. The second kappa shape index (κ2) is 6.92. The van der Waals surface area contributed by atoms with Gasteiger partial charge in [-0.1, -0.05) is 37.3 Å². The van der Waals surface area contributed by atoms with Gasteiger partial charge < -0.3 is 10.4 Å². The highest BCUT2D eigenvalue weighted by atomic mass is 16.3. The Morgan fingerprint density at radius 2 is 1.77 bits per heavy atom. The van der Waals surface area contributed by atoms with Crippen molar-refractivity contribution < 1.29 is 19.5 Å². The second-order valence-electron chi connectivity index (χ2n) is 8.74. The number of phenols is 1. The van der Waals surface area contributed by atoms with Crippen LogP contribution in [0, 0.1) is 11.8 Å². The van der Waals surface area contributed by atoms with Crippen LogP contribution in [0.15, 0.2) is 48.5 Å². The topological polar surface area (TPSA) is 98.7 Å². The van der Waals surface area contributed by atoms with Crippen LogP contribution in [0.3, 0.4) is 0 Å². The average molecular weight is 419 g/mol. The molecule has 5 rings (SSSR count). The zero-order chi connectivity index (χ0) is 21.9. The van der Waals surface area contributed by atoms with E-state index in [1.807, 2.05) is 38.1 Å². The molecule has 3 amide bonds. The predicted octanol–water partition coefficient (Wildman–Crippen LogP) is 2.15. The highest BCUT2D eigenvalue weighted by Gasteiger charge is 2.70. The van der Waals surface area contributed by atoms with Gasteiger partial charge in [0.2, 0.25) is 17.7 Å². The van der Waals surface area contributed by atoms with Crippen molar-refractivity contribution >= 4 is 23.4 Å². The summed E-state index contributed by atoms with van der Waals surface area (Å²) in [5, 5.41) is 15.9. The Morgan fingerprint density at radius 1 is 1.06 bits per heavy atom. The summed E-state index contributed by atoms with van der Waals surface area (Å²) in [4.78, 5) is 41.8. The molecule has 0 aromatic heterocycles. The van der Waals surface area contributed by atoms with E-state index in [-0.39, 0.29) is 29.5 Å². The summed E-state index contributed by atoms with van der Waals surface area (Å²) in [6.45, 7) is 3.81. The van der Waals surface area contributed by atoms with E-state index in [1.54, 1.807) is 24.3 Å². The van der Waals surface area contributed by atoms with E-state index in [0.717, 1.165) is 11.1 Å². The first-order valence-corrected chi connectivity index (χ1v) is 10.7. The molecule has 3 aliphatic rings. The van der Waals surface area contributed by atoms with E-state index >= 15 is 0 Å². The summed E-state index contributed by atoms with van der Waals surface area (Å²) in [6.07, 6.45) is 1.12. The molecule has 0 radical (unpaired) electrons. The third kappa shape index (κ3) is 2.66. The number of nitrogens with zero attached hydrogens (tertiary/aromatic N) is 1. The highest BCUT2D eigenvalue weighted by Crippen LogP contribution is 2.53. The van der Waals surface area contributed by atoms with E-state index in [0.29, 0.717) is 18.5 Å². The lowest BCUT2D eigenvalue weighted by Crippen LogP contribution is -2.54. The van der Waals surface area contributed by atoms with Crippen molar-refractivity contribution in [1.29, 1.82) is 0 Å². The lowest BCUT2D eigenvalue weighted by Gasteiger charge is -2.31. The maximum Gasteiger partial charge on any atom is 0.250 e. The van der Waals surface area contributed by atoms with Gasteiger partial charge in [-0.15, -0.1) is 0 Å². The maximum absolute atomic E-state index is 13.6. The van der Waals surface area contributed by atoms with Gasteiger partial charge in [-0.2, -0.15) is 0 Å². The van der Waals surface area contributed by atoms with Gasteiger partial charge >= 0.3 is 0 Å². The molecule has 0 bridgehead atoms. The van der Waals surface area contributed by atoms with Crippen LogP contribution in [0.5, 0.6) is 5.75 Å². The molecule has 7 nitrogen and oxygen atoms in total. The van der Waals surface area contributed by atoms with Crippen LogP contribution in [-0.2, 0) is 26.3 Å². The number of nitrogens with one attached hydrogen (secondary N) is 2. The molecule has 7 heteroatoms. The van der Waals surface area contributed by atoms with Crippen molar-refractivity contribution in [3.05, 3.63) is 59.7 Å². The molecule has 3 N–H and O–H groups in total. The fourth-order valence-electron chi connectivity index (χ4n) is 5.46. The smallest absolute Gasteiger partial charge is 0.250 e. The van der Waals surface area contributed by atoms with Crippen molar-refractivity contribution in [3.8, 4) is 5.75 Å². The van der Waals surface area contributed by atoms with Crippen LogP contribution in [-0.4, -0.2) is 39.8 Å². The fraction of sp³-hybridized carbons (Fsp3) is 0.375. The van der Waals surface area contributed by atoms with Crippen LogP contribution in [0.4, 0.5) is 5.69 Å². The number of rotatable bonds is 4. The van der Waals surface area contributed by atoms with Crippen molar-refractivity contribution in [2.75, 3.05) is 5.32 Å². The largest absolute Gasteiger partial charge is 0.508 e. The third-order valence-electron chi connectivity index (χ3n) is 7.08. The molecule has 0 saturated carbocycles. The van der Waals surface area contributed by atoms with Crippen molar-refractivity contribution in [3.63, 3.8) is 0 Å². The van der Waals surface area contributed by atoms with Gasteiger partial charge in [-0.05, 0) is 43.5 Å². The van der Waals surface area contributed by atoms with Crippen LogP contribution in [0.25, 0.3) is 0 Å². The van der Waals surface area contributed by atoms with Crippen LogP contribution in [0.1, 0.15) is 31.4 Å². The first kappa shape index (κ1) is 19.8. The zero-order valence-corrected chi connectivity index (χ0v) is 17.5. The van der Waals surface area contributed by atoms with Crippen LogP contribution < -0.4 is 10.6 Å². The number of hydrogen-bond donors (Lipinski definition) is 3. The Balaban J connectivity index is 1.62. The molecule has 2 saturated heterocycles. The van der Waals surface area contributed by atoms with Crippen molar-refractivity contribution in [1.82, 2.24) is 10.2 Å². The third-order valence-corrected chi connectivity index (χ3v) is 7.08. The molecule has 2 fully saturated rings.